The molecule has 4 aromatic rings. The number of pyridine rings is 2. The summed E-state index contributed by atoms with van der Waals surface area (Å²) >= 11 is 0. The average Bonchev–Trinajstić information content (AvgIpc) is 3.34. The Hall–Kier alpha value is -3.65. The summed E-state index contributed by atoms with van der Waals surface area (Å²) in [6.45, 7) is 6.04. The van der Waals surface area contributed by atoms with Crippen molar-refractivity contribution < 1.29 is 14.2 Å². The maximum Gasteiger partial charge on any atom is 0.165 e. The topological polar surface area (TPSA) is 74.5 Å². The van der Waals surface area contributed by atoms with E-state index < -0.39 is 0 Å². The number of morpholine rings is 1. The fourth-order valence-electron chi connectivity index (χ4n) is 5.09. The molecule has 0 N–H and O–H groups in total. The van der Waals surface area contributed by atoms with Crippen molar-refractivity contribution in [2.45, 2.75) is 38.8 Å². The number of nitrogens with zero attached hydrogens (tertiary/aromatic N) is 5. The Morgan fingerprint density at radius 3 is 2.72 bits per heavy atom. The Morgan fingerprint density at radius 2 is 1.94 bits per heavy atom. The summed E-state index contributed by atoms with van der Waals surface area (Å²) in [4.78, 5) is 16.2. The predicted octanol–water partition coefficient (Wildman–Crippen LogP) is 4.35. The lowest BCUT2D eigenvalue weighted by Gasteiger charge is -2.28. The molecular weight excluding hydrogens is 454 g/mol. The Balaban J connectivity index is 1.23. The molecule has 6 rings (SSSR count). The third-order valence-corrected chi connectivity index (χ3v) is 7.10. The number of benzene rings is 1. The van der Waals surface area contributed by atoms with Crippen LogP contribution in [0.4, 0.5) is 5.69 Å². The van der Waals surface area contributed by atoms with Crippen LogP contribution in [0, 0.1) is 0 Å². The van der Waals surface area contributed by atoms with Crippen molar-refractivity contribution in [2.24, 2.45) is 0 Å². The summed E-state index contributed by atoms with van der Waals surface area (Å²) < 4.78 is 19.8. The fourth-order valence-corrected chi connectivity index (χ4v) is 5.09. The zero-order chi connectivity index (χ0) is 24.5. The number of imidazole rings is 1. The van der Waals surface area contributed by atoms with Crippen LogP contribution >= 0.6 is 0 Å². The average molecular weight is 486 g/mol. The van der Waals surface area contributed by atoms with E-state index in [2.05, 4.69) is 56.7 Å². The lowest BCUT2D eigenvalue weighted by atomic mass is 9.96. The first-order valence-electron chi connectivity index (χ1n) is 12.7. The molecule has 36 heavy (non-hydrogen) atoms. The van der Waals surface area contributed by atoms with Gasteiger partial charge in [0.25, 0.3) is 0 Å². The van der Waals surface area contributed by atoms with Crippen molar-refractivity contribution in [3.63, 3.8) is 0 Å². The van der Waals surface area contributed by atoms with Gasteiger partial charge in [-0.15, -0.1) is 0 Å². The molecule has 0 bridgehead atoms. The number of aryl methyl sites for hydroxylation is 2. The zero-order valence-corrected chi connectivity index (χ0v) is 20.8. The first-order valence-corrected chi connectivity index (χ1v) is 12.7. The predicted molar refractivity (Wildman–Crippen MR) is 138 cm³/mol. The molecule has 1 aromatic carbocycles. The molecule has 0 amide bonds. The van der Waals surface area contributed by atoms with Gasteiger partial charge in [0.2, 0.25) is 0 Å². The van der Waals surface area contributed by atoms with Gasteiger partial charge >= 0.3 is 0 Å². The van der Waals surface area contributed by atoms with Gasteiger partial charge in [0.1, 0.15) is 11.6 Å². The second-order valence-corrected chi connectivity index (χ2v) is 9.38. The lowest BCUT2D eigenvalue weighted by Crippen LogP contribution is -2.36. The minimum absolute atomic E-state index is 0.0156. The Morgan fingerprint density at radius 1 is 1.06 bits per heavy atom. The van der Waals surface area contributed by atoms with Gasteiger partial charge < -0.3 is 23.7 Å². The van der Waals surface area contributed by atoms with Gasteiger partial charge in [0.05, 0.1) is 45.1 Å². The van der Waals surface area contributed by atoms with Crippen LogP contribution in [0.3, 0.4) is 0 Å². The van der Waals surface area contributed by atoms with E-state index in [1.165, 1.54) is 5.56 Å². The van der Waals surface area contributed by atoms with E-state index in [4.69, 9.17) is 19.2 Å². The van der Waals surface area contributed by atoms with Crippen molar-refractivity contribution in [3.05, 3.63) is 71.4 Å². The van der Waals surface area contributed by atoms with Gasteiger partial charge in [-0.2, -0.15) is 0 Å². The summed E-state index contributed by atoms with van der Waals surface area (Å²) in [5, 5.41) is 0. The Labute approximate surface area is 210 Å². The second kappa shape index (κ2) is 9.78. The van der Waals surface area contributed by atoms with E-state index in [1.54, 1.807) is 7.11 Å². The number of fused-ring (bicyclic) bond motifs is 2. The molecule has 2 aliphatic heterocycles. The number of hydrogen-bond acceptors (Lipinski definition) is 7. The van der Waals surface area contributed by atoms with E-state index in [0.717, 1.165) is 90.7 Å². The maximum absolute atomic E-state index is 6.43. The number of rotatable bonds is 6. The number of methoxy groups -OCH3 is 1. The summed E-state index contributed by atoms with van der Waals surface area (Å²) in [7, 11) is 1.70. The number of ether oxygens (including phenoxy) is 3. The maximum atomic E-state index is 6.43. The van der Waals surface area contributed by atoms with Crippen LogP contribution in [0.1, 0.15) is 41.8 Å². The SMILES string of the molecule is CCc1ccc(C2CCc3cc(Cn4cnc5cc(N6CCOCC6)cnc54)cc(OC)c3O2)cn1. The van der Waals surface area contributed by atoms with E-state index in [1.807, 2.05) is 18.7 Å². The van der Waals surface area contributed by atoms with Crippen molar-refractivity contribution >= 4 is 16.9 Å². The summed E-state index contributed by atoms with van der Waals surface area (Å²) in [6, 6.07) is 10.6. The highest BCUT2D eigenvalue weighted by Crippen LogP contribution is 2.42. The first-order chi connectivity index (χ1) is 17.7. The van der Waals surface area contributed by atoms with Gasteiger partial charge in [0.15, 0.2) is 17.1 Å². The van der Waals surface area contributed by atoms with Crippen molar-refractivity contribution in [3.8, 4) is 11.5 Å². The molecule has 2 aliphatic rings. The summed E-state index contributed by atoms with van der Waals surface area (Å²) in [6.07, 6.45) is 8.50. The molecule has 0 aliphatic carbocycles. The first kappa shape index (κ1) is 22.8. The molecule has 0 spiro atoms. The van der Waals surface area contributed by atoms with E-state index in [0.29, 0.717) is 6.54 Å². The van der Waals surface area contributed by atoms with E-state index in [9.17, 15) is 0 Å². The van der Waals surface area contributed by atoms with Crippen molar-refractivity contribution in [2.75, 3.05) is 38.3 Å². The molecule has 8 nitrogen and oxygen atoms in total. The van der Waals surface area contributed by atoms with E-state index in [-0.39, 0.29) is 6.10 Å². The molecule has 0 radical (unpaired) electrons. The highest BCUT2D eigenvalue weighted by atomic mass is 16.5. The van der Waals surface area contributed by atoms with Crippen LogP contribution in [-0.2, 0) is 24.1 Å². The number of anilines is 1. The van der Waals surface area contributed by atoms with Gasteiger partial charge in [-0.1, -0.05) is 19.1 Å². The third kappa shape index (κ3) is 4.37. The Kier molecular flexibility index (Phi) is 6.19. The lowest BCUT2D eigenvalue weighted by molar-refractivity contribution is 0.122. The monoisotopic (exact) mass is 485 g/mol. The molecule has 1 saturated heterocycles. The Bertz CT molecular complexity index is 1340. The number of hydrogen-bond donors (Lipinski definition) is 0. The smallest absolute Gasteiger partial charge is 0.165 e. The van der Waals surface area contributed by atoms with Crippen molar-refractivity contribution in [1.82, 2.24) is 19.5 Å². The summed E-state index contributed by atoms with van der Waals surface area (Å²) in [5.74, 6) is 1.60. The minimum atomic E-state index is -0.0156. The van der Waals surface area contributed by atoms with Gasteiger partial charge in [-0.3, -0.25) is 4.98 Å². The highest BCUT2D eigenvalue weighted by molar-refractivity contribution is 5.75. The summed E-state index contributed by atoms with van der Waals surface area (Å²) in [5.41, 5.74) is 7.39. The minimum Gasteiger partial charge on any atom is -0.493 e. The second-order valence-electron chi connectivity index (χ2n) is 9.38. The third-order valence-electron chi connectivity index (χ3n) is 7.10. The highest BCUT2D eigenvalue weighted by Gasteiger charge is 2.25. The van der Waals surface area contributed by atoms with Crippen LogP contribution in [-0.4, -0.2) is 52.9 Å². The normalized spacial score (nSPS) is 17.6. The van der Waals surface area contributed by atoms with E-state index >= 15 is 0 Å². The zero-order valence-electron chi connectivity index (χ0n) is 20.8. The van der Waals surface area contributed by atoms with Gasteiger partial charge in [-0.25, -0.2) is 9.97 Å². The van der Waals surface area contributed by atoms with Crippen LogP contribution in [0.2, 0.25) is 0 Å². The molecule has 1 unspecified atom stereocenters. The molecule has 0 saturated carbocycles. The van der Waals surface area contributed by atoms with Crippen LogP contribution < -0.4 is 14.4 Å². The molecule has 8 heteroatoms. The molecule has 3 aromatic heterocycles. The molecule has 1 fully saturated rings. The quantitative estimate of drug-likeness (QED) is 0.402. The molecule has 5 heterocycles. The molecule has 186 valence electrons. The number of aromatic nitrogens is 4. The molecular formula is C28H31N5O3. The fraction of sp³-hybridized carbons (Fsp3) is 0.393. The van der Waals surface area contributed by atoms with Crippen LogP contribution in [0.25, 0.3) is 11.2 Å². The van der Waals surface area contributed by atoms with Gasteiger partial charge in [0, 0.05) is 30.5 Å². The standard InChI is InChI=1S/C28H31N5O3/c1-3-22-6-4-21(15-29-22)25-7-5-20-12-19(13-26(34-2)27(20)36-25)17-33-18-31-24-14-23(16-30-28(24)33)32-8-10-35-11-9-32/h4,6,12-16,18,25H,3,5,7-11,17H2,1-2H3. The molecule has 1 atom stereocenters. The van der Waals surface area contributed by atoms with Crippen LogP contribution in [0.5, 0.6) is 11.5 Å². The van der Waals surface area contributed by atoms with Crippen molar-refractivity contribution in [1.29, 1.82) is 0 Å². The largest absolute Gasteiger partial charge is 0.493 e. The van der Waals surface area contributed by atoms with Crippen LogP contribution in [0.15, 0.2) is 49.1 Å². The van der Waals surface area contributed by atoms with Gasteiger partial charge in [-0.05, 0) is 48.6 Å².